The normalized spacial score (nSPS) is 20.4. The lowest BCUT2D eigenvalue weighted by Crippen LogP contribution is -2.57. The SMILES string of the molecule is COCC(C)C(=O)NCC(N1CCNCC1)C(F)(F)F. The molecule has 2 N–H and O–H groups in total. The summed E-state index contributed by atoms with van der Waals surface area (Å²) in [5, 5.41) is 5.38. The summed E-state index contributed by atoms with van der Waals surface area (Å²) in [5.41, 5.74) is 0. The van der Waals surface area contributed by atoms with E-state index in [1.54, 1.807) is 6.92 Å². The number of carbonyl (C=O) groups excluding carboxylic acids is 1. The quantitative estimate of drug-likeness (QED) is 0.736. The number of amides is 1. The molecule has 0 aromatic heterocycles. The van der Waals surface area contributed by atoms with Crippen LogP contribution in [0, 0.1) is 5.92 Å². The van der Waals surface area contributed by atoms with Crippen LogP contribution in [0.1, 0.15) is 6.92 Å². The van der Waals surface area contributed by atoms with Gasteiger partial charge in [0.05, 0.1) is 12.5 Å². The van der Waals surface area contributed by atoms with Crippen molar-refractivity contribution in [2.24, 2.45) is 5.92 Å². The van der Waals surface area contributed by atoms with Crippen molar-refractivity contribution in [2.75, 3.05) is 46.4 Å². The van der Waals surface area contributed by atoms with E-state index < -0.39 is 30.6 Å². The number of piperazine rings is 1. The van der Waals surface area contributed by atoms with Crippen molar-refractivity contribution in [3.63, 3.8) is 0 Å². The molecule has 8 heteroatoms. The van der Waals surface area contributed by atoms with Crippen LogP contribution in [0.3, 0.4) is 0 Å². The predicted molar refractivity (Wildman–Crippen MR) is 68.3 cm³/mol. The number of nitrogens with one attached hydrogen (secondary N) is 2. The number of hydrogen-bond acceptors (Lipinski definition) is 4. The molecule has 0 bridgehead atoms. The summed E-state index contributed by atoms with van der Waals surface area (Å²) < 4.78 is 44.0. The van der Waals surface area contributed by atoms with Crippen LogP contribution < -0.4 is 10.6 Å². The van der Waals surface area contributed by atoms with Crippen LogP contribution in [0.15, 0.2) is 0 Å². The lowest BCUT2D eigenvalue weighted by molar-refractivity contribution is -0.184. The molecule has 5 nitrogen and oxygen atoms in total. The maximum Gasteiger partial charge on any atom is 0.405 e. The minimum Gasteiger partial charge on any atom is -0.384 e. The van der Waals surface area contributed by atoms with Crippen LogP contribution in [-0.2, 0) is 9.53 Å². The van der Waals surface area contributed by atoms with Crippen molar-refractivity contribution < 1.29 is 22.7 Å². The standard InChI is InChI=1S/C12H22F3N3O2/c1-9(8-20-2)11(19)17-7-10(12(13,14)15)18-5-3-16-4-6-18/h9-10,16H,3-8H2,1-2H3,(H,17,19). The number of hydrogen-bond donors (Lipinski definition) is 2. The van der Waals surface area contributed by atoms with Crippen molar-refractivity contribution >= 4 is 5.91 Å². The van der Waals surface area contributed by atoms with E-state index in [1.807, 2.05) is 0 Å². The van der Waals surface area contributed by atoms with Gasteiger partial charge in [0, 0.05) is 39.8 Å². The molecule has 0 aromatic rings. The Bertz CT molecular complexity index is 307. The molecular weight excluding hydrogens is 275 g/mol. The third-order valence-corrected chi connectivity index (χ3v) is 3.30. The smallest absolute Gasteiger partial charge is 0.384 e. The minimum absolute atomic E-state index is 0.191. The van der Waals surface area contributed by atoms with Gasteiger partial charge in [0.1, 0.15) is 6.04 Å². The molecule has 1 heterocycles. The summed E-state index contributed by atoms with van der Waals surface area (Å²) in [6.45, 7) is 3.10. The fourth-order valence-electron chi connectivity index (χ4n) is 2.14. The molecule has 1 fully saturated rings. The molecular formula is C12H22F3N3O2. The van der Waals surface area contributed by atoms with Crippen molar-refractivity contribution in [1.82, 2.24) is 15.5 Å². The highest BCUT2D eigenvalue weighted by atomic mass is 19.4. The minimum atomic E-state index is -4.35. The van der Waals surface area contributed by atoms with Gasteiger partial charge in [0.2, 0.25) is 5.91 Å². The average molecular weight is 297 g/mol. The molecule has 20 heavy (non-hydrogen) atoms. The Hall–Kier alpha value is -0.860. The summed E-state index contributed by atoms with van der Waals surface area (Å²) in [7, 11) is 1.45. The molecule has 1 rings (SSSR count). The van der Waals surface area contributed by atoms with Crippen molar-refractivity contribution in [2.45, 2.75) is 19.1 Å². The third kappa shape index (κ3) is 5.26. The molecule has 1 amide bonds. The van der Waals surface area contributed by atoms with Gasteiger partial charge in [-0.1, -0.05) is 6.92 Å². The second-order valence-electron chi connectivity index (χ2n) is 4.94. The van der Waals surface area contributed by atoms with Crippen LogP contribution in [0.5, 0.6) is 0 Å². The number of carbonyl (C=O) groups is 1. The molecule has 0 spiro atoms. The highest BCUT2D eigenvalue weighted by molar-refractivity contribution is 5.78. The zero-order valence-corrected chi connectivity index (χ0v) is 11.8. The topological polar surface area (TPSA) is 53.6 Å². The number of ether oxygens (including phenoxy) is 1. The van der Waals surface area contributed by atoms with Gasteiger partial charge >= 0.3 is 6.18 Å². The largest absolute Gasteiger partial charge is 0.405 e. The first-order valence-electron chi connectivity index (χ1n) is 6.64. The average Bonchev–Trinajstić information content (AvgIpc) is 2.38. The van der Waals surface area contributed by atoms with Crippen LogP contribution in [-0.4, -0.2) is 69.5 Å². The molecule has 0 aliphatic carbocycles. The Labute approximate surface area is 116 Å². The lowest BCUT2D eigenvalue weighted by atomic mass is 10.1. The summed E-state index contributed by atoms with van der Waals surface area (Å²) in [5.74, 6) is -0.881. The first kappa shape index (κ1) is 17.2. The Kier molecular flexibility index (Phi) is 6.70. The molecule has 1 saturated heterocycles. The fraction of sp³-hybridized carbons (Fsp3) is 0.917. The van der Waals surface area contributed by atoms with Crippen LogP contribution in [0.25, 0.3) is 0 Å². The van der Waals surface area contributed by atoms with E-state index in [9.17, 15) is 18.0 Å². The Balaban J connectivity index is 2.55. The summed E-state index contributed by atoms with van der Waals surface area (Å²) >= 11 is 0. The van der Waals surface area contributed by atoms with E-state index in [0.717, 1.165) is 0 Å². The molecule has 2 unspecified atom stereocenters. The van der Waals surface area contributed by atoms with Crippen molar-refractivity contribution in [3.8, 4) is 0 Å². The van der Waals surface area contributed by atoms with Crippen molar-refractivity contribution in [1.29, 1.82) is 0 Å². The monoisotopic (exact) mass is 297 g/mol. The Morgan fingerprint density at radius 3 is 2.50 bits per heavy atom. The summed E-state index contributed by atoms with van der Waals surface area (Å²) in [6.07, 6.45) is -4.35. The molecule has 1 aliphatic heterocycles. The second kappa shape index (κ2) is 7.80. The maximum absolute atomic E-state index is 13.1. The fourth-order valence-corrected chi connectivity index (χ4v) is 2.14. The molecule has 0 aromatic carbocycles. The first-order chi connectivity index (χ1) is 9.36. The molecule has 0 radical (unpaired) electrons. The van der Waals surface area contributed by atoms with E-state index >= 15 is 0 Å². The zero-order valence-electron chi connectivity index (χ0n) is 11.8. The predicted octanol–water partition coefficient (Wildman–Crippen LogP) is 0.221. The van der Waals surface area contributed by atoms with E-state index in [0.29, 0.717) is 26.2 Å². The van der Waals surface area contributed by atoms with Crippen LogP contribution >= 0.6 is 0 Å². The first-order valence-corrected chi connectivity index (χ1v) is 6.64. The number of halogens is 3. The van der Waals surface area contributed by atoms with Gasteiger partial charge in [-0.15, -0.1) is 0 Å². The van der Waals surface area contributed by atoms with E-state index in [2.05, 4.69) is 10.6 Å². The van der Waals surface area contributed by atoms with Gasteiger partial charge in [-0.05, 0) is 0 Å². The molecule has 1 aliphatic rings. The number of rotatable bonds is 6. The van der Waals surface area contributed by atoms with Gasteiger partial charge < -0.3 is 15.4 Å². The highest BCUT2D eigenvalue weighted by Gasteiger charge is 2.43. The van der Waals surface area contributed by atoms with Crippen LogP contribution in [0.2, 0.25) is 0 Å². The Morgan fingerprint density at radius 2 is 2.00 bits per heavy atom. The number of nitrogens with zero attached hydrogens (tertiary/aromatic N) is 1. The van der Waals surface area contributed by atoms with Gasteiger partial charge in [0.25, 0.3) is 0 Å². The third-order valence-electron chi connectivity index (χ3n) is 3.30. The summed E-state index contributed by atoms with van der Waals surface area (Å²) in [4.78, 5) is 13.0. The van der Waals surface area contributed by atoms with E-state index in [4.69, 9.17) is 4.74 Å². The molecule has 0 saturated carbocycles. The summed E-state index contributed by atoms with van der Waals surface area (Å²) in [6, 6.07) is -1.64. The van der Waals surface area contributed by atoms with E-state index in [1.165, 1.54) is 12.0 Å². The van der Waals surface area contributed by atoms with E-state index in [-0.39, 0.29) is 6.61 Å². The van der Waals surface area contributed by atoms with Crippen LogP contribution in [0.4, 0.5) is 13.2 Å². The van der Waals surface area contributed by atoms with Gasteiger partial charge in [-0.3, -0.25) is 9.69 Å². The second-order valence-corrected chi connectivity index (χ2v) is 4.94. The number of methoxy groups -OCH3 is 1. The Morgan fingerprint density at radius 1 is 1.40 bits per heavy atom. The lowest BCUT2D eigenvalue weighted by Gasteiger charge is -2.36. The van der Waals surface area contributed by atoms with Gasteiger partial charge in [-0.25, -0.2) is 0 Å². The molecule has 118 valence electrons. The maximum atomic E-state index is 13.1. The molecule has 2 atom stereocenters. The number of alkyl halides is 3. The van der Waals surface area contributed by atoms with Crippen molar-refractivity contribution in [3.05, 3.63) is 0 Å². The van der Waals surface area contributed by atoms with Gasteiger partial charge in [0.15, 0.2) is 0 Å². The highest BCUT2D eigenvalue weighted by Crippen LogP contribution is 2.24. The zero-order chi connectivity index (χ0) is 15.2. The van der Waals surface area contributed by atoms with Gasteiger partial charge in [-0.2, -0.15) is 13.2 Å².